The van der Waals surface area contributed by atoms with Crippen LogP contribution < -0.4 is 5.73 Å². The van der Waals surface area contributed by atoms with E-state index in [1.807, 2.05) is 25.1 Å². The van der Waals surface area contributed by atoms with Crippen LogP contribution in [0.2, 0.25) is 0 Å². The van der Waals surface area contributed by atoms with E-state index in [0.717, 1.165) is 9.13 Å². The maximum atomic E-state index is 10.5. The van der Waals surface area contributed by atoms with Crippen molar-refractivity contribution in [3.8, 4) is 0 Å². The molecule has 0 aliphatic rings. The van der Waals surface area contributed by atoms with Crippen LogP contribution >= 0.6 is 22.6 Å². The third-order valence-corrected chi connectivity index (χ3v) is 3.17. The summed E-state index contributed by atoms with van der Waals surface area (Å²) in [5.41, 5.74) is 7.59. The van der Waals surface area contributed by atoms with Crippen molar-refractivity contribution < 1.29 is 9.90 Å². The molecule has 4 heteroatoms. The van der Waals surface area contributed by atoms with E-state index in [1.165, 1.54) is 5.56 Å². The summed E-state index contributed by atoms with van der Waals surface area (Å²) >= 11 is 2.23. The minimum absolute atomic E-state index is 0.381. The molecule has 1 aromatic carbocycles. The highest BCUT2D eigenvalue weighted by atomic mass is 127. The highest BCUT2D eigenvalue weighted by Crippen LogP contribution is 2.14. The van der Waals surface area contributed by atoms with E-state index < -0.39 is 12.0 Å². The van der Waals surface area contributed by atoms with Gasteiger partial charge in [-0.25, -0.2) is 0 Å². The number of benzene rings is 1. The second kappa shape index (κ2) is 4.75. The predicted octanol–water partition coefficient (Wildman–Crippen LogP) is 1.55. The molecule has 1 aromatic rings. The van der Waals surface area contributed by atoms with Gasteiger partial charge in [-0.1, -0.05) is 12.1 Å². The van der Waals surface area contributed by atoms with Gasteiger partial charge in [-0.2, -0.15) is 0 Å². The fourth-order valence-corrected chi connectivity index (χ4v) is 1.68. The Morgan fingerprint density at radius 2 is 2.29 bits per heavy atom. The lowest BCUT2D eigenvalue weighted by molar-refractivity contribution is -0.138. The highest BCUT2D eigenvalue weighted by Gasteiger charge is 2.12. The summed E-state index contributed by atoms with van der Waals surface area (Å²) in [6.07, 6.45) is 0.381. The molecular weight excluding hydrogens is 293 g/mol. The number of carboxylic acids is 1. The summed E-state index contributed by atoms with van der Waals surface area (Å²) in [6, 6.07) is 5.05. The van der Waals surface area contributed by atoms with E-state index >= 15 is 0 Å². The standard InChI is InChI=1S/C10H12INO2/c1-6-2-3-7(4-8(6)11)5-9(12)10(13)14/h2-4,9H,5,12H2,1H3,(H,13,14)/t9-/m0/s1. The Morgan fingerprint density at radius 1 is 1.64 bits per heavy atom. The zero-order valence-electron chi connectivity index (χ0n) is 7.83. The number of hydrogen-bond donors (Lipinski definition) is 2. The van der Waals surface area contributed by atoms with E-state index in [9.17, 15) is 4.79 Å². The van der Waals surface area contributed by atoms with E-state index in [0.29, 0.717) is 6.42 Å². The molecule has 0 spiro atoms. The Morgan fingerprint density at radius 3 is 2.79 bits per heavy atom. The number of nitrogens with two attached hydrogens (primary N) is 1. The topological polar surface area (TPSA) is 63.3 Å². The van der Waals surface area contributed by atoms with Crippen LogP contribution in [0.15, 0.2) is 18.2 Å². The van der Waals surface area contributed by atoms with Gasteiger partial charge >= 0.3 is 5.97 Å². The maximum Gasteiger partial charge on any atom is 0.320 e. The third kappa shape index (κ3) is 2.95. The molecular formula is C10H12INO2. The summed E-state index contributed by atoms with van der Waals surface area (Å²) < 4.78 is 1.14. The van der Waals surface area contributed by atoms with Crippen LogP contribution in [0.3, 0.4) is 0 Å². The van der Waals surface area contributed by atoms with Gasteiger partial charge in [0.25, 0.3) is 0 Å². The first kappa shape index (κ1) is 11.5. The lowest BCUT2D eigenvalue weighted by atomic mass is 10.1. The number of halogens is 1. The largest absolute Gasteiger partial charge is 0.480 e. The van der Waals surface area contributed by atoms with Gasteiger partial charge in [0.05, 0.1) is 0 Å². The summed E-state index contributed by atoms with van der Waals surface area (Å²) in [5.74, 6) is -0.958. The molecule has 0 amide bonds. The Hall–Kier alpha value is -0.620. The van der Waals surface area contributed by atoms with Gasteiger partial charge in [-0.15, -0.1) is 0 Å². The Bertz CT molecular complexity index is 352. The van der Waals surface area contributed by atoms with Crippen LogP contribution in [0.5, 0.6) is 0 Å². The van der Waals surface area contributed by atoms with Crippen molar-refractivity contribution in [3.05, 3.63) is 32.9 Å². The molecule has 0 saturated carbocycles. The smallest absolute Gasteiger partial charge is 0.320 e. The second-order valence-electron chi connectivity index (χ2n) is 3.23. The maximum absolute atomic E-state index is 10.5. The third-order valence-electron chi connectivity index (χ3n) is 2.01. The number of hydrogen-bond acceptors (Lipinski definition) is 2. The molecule has 1 rings (SSSR count). The SMILES string of the molecule is Cc1ccc(C[C@H](N)C(=O)O)cc1I. The normalized spacial score (nSPS) is 12.5. The van der Waals surface area contributed by atoms with Gasteiger partial charge < -0.3 is 10.8 Å². The first-order chi connectivity index (χ1) is 6.50. The molecule has 3 nitrogen and oxygen atoms in total. The van der Waals surface area contributed by atoms with Crippen molar-refractivity contribution in [2.45, 2.75) is 19.4 Å². The summed E-state index contributed by atoms with van der Waals surface area (Å²) in [4.78, 5) is 10.5. The van der Waals surface area contributed by atoms with Crippen molar-refractivity contribution >= 4 is 28.6 Å². The number of rotatable bonds is 3. The van der Waals surface area contributed by atoms with Gasteiger partial charge in [0.2, 0.25) is 0 Å². The van der Waals surface area contributed by atoms with Crippen LogP contribution in [0.4, 0.5) is 0 Å². The van der Waals surface area contributed by atoms with Gasteiger partial charge in [0, 0.05) is 3.57 Å². The number of aryl methyl sites for hydroxylation is 1. The van der Waals surface area contributed by atoms with Crippen LogP contribution in [0.25, 0.3) is 0 Å². The molecule has 0 aromatic heterocycles. The fourth-order valence-electron chi connectivity index (χ4n) is 1.10. The molecule has 0 fully saturated rings. The first-order valence-corrected chi connectivity index (χ1v) is 5.32. The zero-order chi connectivity index (χ0) is 10.7. The van der Waals surface area contributed by atoms with Crippen LogP contribution in [0.1, 0.15) is 11.1 Å². The molecule has 0 saturated heterocycles. The van der Waals surface area contributed by atoms with Gasteiger partial charge in [0.1, 0.15) is 6.04 Å². The number of carbonyl (C=O) groups is 1. The molecule has 1 atom stereocenters. The van der Waals surface area contributed by atoms with Gasteiger partial charge in [-0.05, 0) is 53.1 Å². The van der Waals surface area contributed by atoms with Crippen molar-refractivity contribution in [2.75, 3.05) is 0 Å². The predicted molar refractivity (Wildman–Crippen MR) is 63.2 cm³/mol. The molecule has 14 heavy (non-hydrogen) atoms. The van der Waals surface area contributed by atoms with E-state index in [4.69, 9.17) is 10.8 Å². The van der Waals surface area contributed by atoms with E-state index in [2.05, 4.69) is 22.6 Å². The molecule has 0 heterocycles. The summed E-state index contributed by atoms with van der Waals surface area (Å²) in [5, 5.41) is 8.64. The van der Waals surface area contributed by atoms with Crippen LogP contribution in [-0.2, 0) is 11.2 Å². The van der Waals surface area contributed by atoms with E-state index in [1.54, 1.807) is 0 Å². The molecule has 0 unspecified atom stereocenters. The van der Waals surface area contributed by atoms with Gasteiger partial charge in [-0.3, -0.25) is 4.79 Å². The molecule has 0 aliphatic carbocycles. The zero-order valence-corrected chi connectivity index (χ0v) is 9.98. The van der Waals surface area contributed by atoms with Crippen LogP contribution in [-0.4, -0.2) is 17.1 Å². The van der Waals surface area contributed by atoms with Crippen molar-refractivity contribution in [2.24, 2.45) is 5.73 Å². The quantitative estimate of drug-likeness (QED) is 0.833. The lowest BCUT2D eigenvalue weighted by Crippen LogP contribution is -2.32. The molecule has 76 valence electrons. The lowest BCUT2D eigenvalue weighted by Gasteiger charge is -2.07. The average molecular weight is 305 g/mol. The van der Waals surface area contributed by atoms with Gasteiger partial charge in [0.15, 0.2) is 0 Å². The Labute approximate surface area is 96.4 Å². The molecule has 0 radical (unpaired) electrons. The first-order valence-electron chi connectivity index (χ1n) is 4.24. The minimum Gasteiger partial charge on any atom is -0.480 e. The highest BCUT2D eigenvalue weighted by molar-refractivity contribution is 14.1. The average Bonchev–Trinajstić information content (AvgIpc) is 2.11. The Kier molecular flexibility index (Phi) is 3.88. The molecule has 0 aliphatic heterocycles. The van der Waals surface area contributed by atoms with Crippen LogP contribution in [0, 0.1) is 10.5 Å². The fraction of sp³-hybridized carbons (Fsp3) is 0.300. The number of aliphatic carboxylic acids is 1. The van der Waals surface area contributed by atoms with Crippen molar-refractivity contribution in [1.82, 2.24) is 0 Å². The van der Waals surface area contributed by atoms with Crippen molar-refractivity contribution in [3.63, 3.8) is 0 Å². The number of carboxylic acid groups (broad SMARTS) is 1. The monoisotopic (exact) mass is 305 g/mol. The summed E-state index contributed by atoms with van der Waals surface area (Å²) in [7, 11) is 0. The molecule has 0 bridgehead atoms. The summed E-state index contributed by atoms with van der Waals surface area (Å²) in [6.45, 7) is 2.02. The Balaban J connectivity index is 2.78. The second-order valence-corrected chi connectivity index (χ2v) is 4.39. The van der Waals surface area contributed by atoms with E-state index in [-0.39, 0.29) is 0 Å². The minimum atomic E-state index is -0.958. The van der Waals surface area contributed by atoms with Crippen molar-refractivity contribution in [1.29, 1.82) is 0 Å². The molecule has 3 N–H and O–H groups in total.